The lowest BCUT2D eigenvalue weighted by Crippen LogP contribution is -2.10. The Morgan fingerprint density at radius 1 is 0.931 bits per heavy atom. The summed E-state index contributed by atoms with van der Waals surface area (Å²) in [7, 11) is 0. The fourth-order valence-electron chi connectivity index (χ4n) is 2.05. The van der Waals surface area contributed by atoms with Gasteiger partial charge < -0.3 is 9.47 Å². The Morgan fingerprint density at radius 2 is 1.48 bits per heavy atom. The van der Waals surface area contributed by atoms with Crippen molar-refractivity contribution >= 4 is 17.5 Å². The summed E-state index contributed by atoms with van der Waals surface area (Å²) in [5, 5.41) is 0. The van der Waals surface area contributed by atoms with Crippen LogP contribution >= 0.6 is 0 Å². The topological polar surface area (TPSA) is 52.6 Å². The second-order valence-corrected chi connectivity index (χ2v) is 6.10. The van der Waals surface area contributed by atoms with Crippen LogP contribution in [0.15, 0.2) is 53.8 Å². The van der Waals surface area contributed by atoms with E-state index in [9.17, 15) is 27.2 Å². The third-order valence-corrected chi connectivity index (χ3v) is 3.64. The second-order valence-electron chi connectivity index (χ2n) is 6.10. The van der Waals surface area contributed by atoms with E-state index in [2.05, 4.69) is 22.6 Å². The van der Waals surface area contributed by atoms with E-state index in [0.717, 1.165) is 19.1 Å². The van der Waals surface area contributed by atoms with Gasteiger partial charge in [-0.1, -0.05) is 20.1 Å². The quantitative estimate of drug-likeness (QED) is 0.141. The van der Waals surface area contributed by atoms with Crippen molar-refractivity contribution in [2.45, 2.75) is 34.1 Å². The van der Waals surface area contributed by atoms with Crippen LogP contribution in [-0.4, -0.2) is 11.9 Å². The minimum absolute atomic E-state index is 0.0368. The maximum absolute atomic E-state index is 14.6. The van der Waals surface area contributed by atoms with Gasteiger partial charge in [0.05, 0.1) is 0 Å². The highest BCUT2D eigenvalue weighted by Gasteiger charge is 2.23. The van der Waals surface area contributed by atoms with Crippen LogP contribution in [0.3, 0.4) is 0 Å². The van der Waals surface area contributed by atoms with Gasteiger partial charge in [0.1, 0.15) is 5.76 Å². The number of ether oxygens (including phenoxy) is 2. The predicted octanol–water partition coefficient (Wildman–Crippen LogP) is 5.86. The summed E-state index contributed by atoms with van der Waals surface area (Å²) >= 11 is 0. The van der Waals surface area contributed by atoms with Gasteiger partial charge in [-0.15, -0.1) is 0 Å². The molecule has 0 atom stereocenters. The maximum Gasteiger partial charge on any atom is 0.338 e. The van der Waals surface area contributed by atoms with E-state index < -0.39 is 57.9 Å². The van der Waals surface area contributed by atoms with Crippen molar-refractivity contribution in [1.29, 1.82) is 0 Å². The highest BCUT2D eigenvalue weighted by molar-refractivity contribution is 5.89. The molecule has 0 spiro atoms. The van der Waals surface area contributed by atoms with Crippen molar-refractivity contribution in [3.63, 3.8) is 0 Å². The SMILES string of the molecule is C=C(C)C(=O)O/C(C)=C(F)/C(F)=C(\CC)c1ccc(OC(=O)C(=C)C)c(F)c1F. The van der Waals surface area contributed by atoms with Gasteiger partial charge in [-0.25, -0.2) is 18.4 Å². The minimum atomic E-state index is -1.55. The summed E-state index contributed by atoms with van der Waals surface area (Å²) in [6.07, 6.45) is -0.220. The number of hydrogen-bond donors (Lipinski definition) is 0. The van der Waals surface area contributed by atoms with Gasteiger partial charge in [-0.05, 0) is 39.3 Å². The molecule has 156 valence electrons. The van der Waals surface area contributed by atoms with Gasteiger partial charge in [-0.2, -0.15) is 8.78 Å². The van der Waals surface area contributed by atoms with Crippen molar-refractivity contribution in [2.24, 2.45) is 0 Å². The molecule has 0 aliphatic rings. The molecule has 0 saturated heterocycles. The molecule has 0 heterocycles. The fourth-order valence-corrected chi connectivity index (χ4v) is 2.05. The van der Waals surface area contributed by atoms with E-state index in [0.29, 0.717) is 0 Å². The van der Waals surface area contributed by atoms with Crippen LogP contribution < -0.4 is 4.74 Å². The molecule has 0 aliphatic carbocycles. The number of rotatable bonds is 7. The van der Waals surface area contributed by atoms with Crippen molar-refractivity contribution < 1.29 is 36.6 Å². The number of esters is 2. The van der Waals surface area contributed by atoms with Crippen molar-refractivity contribution in [3.8, 4) is 5.75 Å². The molecule has 1 rings (SSSR count). The summed E-state index contributed by atoms with van der Waals surface area (Å²) < 4.78 is 67.0. The van der Waals surface area contributed by atoms with Crippen LogP contribution in [0.1, 0.15) is 39.7 Å². The highest BCUT2D eigenvalue weighted by Crippen LogP contribution is 2.34. The van der Waals surface area contributed by atoms with Crippen molar-refractivity contribution in [2.75, 3.05) is 0 Å². The van der Waals surface area contributed by atoms with Gasteiger partial charge in [-0.3, -0.25) is 0 Å². The number of hydrogen-bond acceptors (Lipinski definition) is 4. The van der Waals surface area contributed by atoms with Crippen LogP contribution in [0.4, 0.5) is 17.6 Å². The number of benzene rings is 1. The first-order valence-electron chi connectivity index (χ1n) is 8.41. The van der Waals surface area contributed by atoms with Gasteiger partial charge >= 0.3 is 11.9 Å². The summed E-state index contributed by atoms with van der Waals surface area (Å²) in [6, 6.07) is 1.85. The first-order chi connectivity index (χ1) is 13.4. The van der Waals surface area contributed by atoms with E-state index in [1.54, 1.807) is 0 Å². The van der Waals surface area contributed by atoms with Gasteiger partial charge in [0.15, 0.2) is 23.2 Å². The second kappa shape index (κ2) is 9.86. The molecule has 4 nitrogen and oxygen atoms in total. The molecule has 0 saturated carbocycles. The molecular weight excluding hydrogens is 392 g/mol. The lowest BCUT2D eigenvalue weighted by Gasteiger charge is -2.12. The number of halogens is 4. The smallest absolute Gasteiger partial charge is 0.338 e. The Kier molecular flexibility index (Phi) is 8.12. The van der Waals surface area contributed by atoms with E-state index in [4.69, 9.17) is 0 Å². The van der Waals surface area contributed by atoms with E-state index in [1.807, 2.05) is 0 Å². The van der Waals surface area contributed by atoms with Crippen molar-refractivity contribution in [1.82, 2.24) is 0 Å². The molecule has 0 radical (unpaired) electrons. The van der Waals surface area contributed by atoms with Crippen LogP contribution in [0, 0.1) is 11.6 Å². The van der Waals surface area contributed by atoms with E-state index >= 15 is 0 Å². The maximum atomic E-state index is 14.6. The third kappa shape index (κ3) is 5.66. The molecule has 0 aromatic heterocycles. The summed E-state index contributed by atoms with van der Waals surface area (Å²) in [5.41, 5.74) is -1.17. The first-order valence-corrected chi connectivity index (χ1v) is 8.41. The zero-order valence-corrected chi connectivity index (χ0v) is 16.4. The Hall–Kier alpha value is -3.16. The molecule has 1 aromatic rings. The Bertz CT molecular complexity index is 942. The Labute approximate surface area is 165 Å². The average molecular weight is 412 g/mol. The lowest BCUT2D eigenvalue weighted by molar-refractivity contribution is -0.135. The van der Waals surface area contributed by atoms with Crippen molar-refractivity contribution in [3.05, 3.63) is 71.0 Å². The average Bonchev–Trinajstić information content (AvgIpc) is 2.66. The van der Waals surface area contributed by atoms with Crippen LogP contribution in [-0.2, 0) is 14.3 Å². The zero-order valence-electron chi connectivity index (χ0n) is 16.4. The third-order valence-electron chi connectivity index (χ3n) is 3.64. The lowest BCUT2D eigenvalue weighted by atomic mass is 10.0. The Morgan fingerprint density at radius 3 is 1.97 bits per heavy atom. The molecule has 1 aromatic carbocycles. The summed E-state index contributed by atoms with van der Waals surface area (Å²) in [5.74, 6) is -9.52. The number of carbonyl (C=O) groups excluding carboxylic acids is 2. The van der Waals surface area contributed by atoms with Crippen LogP contribution in [0.5, 0.6) is 5.75 Å². The monoisotopic (exact) mass is 412 g/mol. The predicted molar refractivity (Wildman–Crippen MR) is 99.8 cm³/mol. The highest BCUT2D eigenvalue weighted by atomic mass is 19.2. The first kappa shape index (κ1) is 23.9. The van der Waals surface area contributed by atoms with E-state index in [-0.39, 0.29) is 17.6 Å². The van der Waals surface area contributed by atoms with Gasteiger partial charge in [0.2, 0.25) is 5.82 Å². The van der Waals surface area contributed by atoms with Gasteiger partial charge in [0, 0.05) is 22.3 Å². The molecule has 0 N–H and O–H groups in total. The minimum Gasteiger partial charge on any atom is -0.425 e. The Balaban J connectivity index is 3.43. The van der Waals surface area contributed by atoms with Gasteiger partial charge in [0.25, 0.3) is 0 Å². The molecular formula is C21H20F4O4. The summed E-state index contributed by atoms with van der Waals surface area (Å²) in [6.45, 7) is 11.7. The molecule has 0 unspecified atom stereocenters. The molecule has 0 bridgehead atoms. The molecule has 0 fully saturated rings. The van der Waals surface area contributed by atoms with Crippen LogP contribution in [0.25, 0.3) is 5.57 Å². The molecule has 0 aliphatic heterocycles. The molecule has 8 heteroatoms. The zero-order chi connectivity index (χ0) is 22.5. The number of allylic oxidation sites excluding steroid dienone is 4. The standard InChI is InChI=1S/C21H20F4O4/c1-7-13(17(23)16(22)12(6)28-20(26)10(2)3)14-8-9-15(19(25)18(14)24)29-21(27)11(4)5/h8-9H,2,4,7H2,1,3,5-6H3/b16-12-,17-13-. The molecule has 0 amide bonds. The number of carbonyl (C=O) groups is 2. The molecule has 29 heavy (non-hydrogen) atoms. The fraction of sp³-hybridized carbons (Fsp3) is 0.238. The largest absolute Gasteiger partial charge is 0.425 e. The van der Waals surface area contributed by atoms with Crippen LogP contribution in [0.2, 0.25) is 0 Å². The summed E-state index contributed by atoms with van der Waals surface area (Å²) in [4.78, 5) is 22.9. The van der Waals surface area contributed by atoms with E-state index in [1.165, 1.54) is 20.8 Å². The normalized spacial score (nSPS) is 12.6.